The number of hydrogen-bond acceptors (Lipinski definition) is 6. The molecule has 7 heteroatoms. The van der Waals surface area contributed by atoms with Crippen molar-refractivity contribution in [2.75, 3.05) is 13.2 Å². The van der Waals surface area contributed by atoms with Gasteiger partial charge in [0.2, 0.25) is 0 Å². The fourth-order valence-corrected chi connectivity index (χ4v) is 2.53. The third-order valence-corrected chi connectivity index (χ3v) is 3.45. The molecule has 112 valence electrons. The average Bonchev–Trinajstić information content (AvgIpc) is 2.97. The quantitative estimate of drug-likeness (QED) is 0.631. The highest BCUT2D eigenvalue weighted by Gasteiger charge is 2.25. The Bertz CT molecular complexity index is 613. The van der Waals surface area contributed by atoms with E-state index in [1.807, 2.05) is 22.9 Å². The number of hydrogen-bond donors (Lipinski definition) is 2. The number of rotatable bonds is 5. The largest absolute Gasteiger partial charge is 0.486 e. The van der Waals surface area contributed by atoms with E-state index in [4.69, 9.17) is 15.3 Å². The molecular formula is C14H19N5O2. The van der Waals surface area contributed by atoms with Crippen molar-refractivity contribution in [2.45, 2.75) is 25.9 Å². The summed E-state index contributed by atoms with van der Waals surface area (Å²) in [4.78, 5) is 0. The lowest BCUT2D eigenvalue weighted by atomic mass is 10.0. The van der Waals surface area contributed by atoms with Gasteiger partial charge in [-0.15, -0.1) is 5.10 Å². The fraction of sp³-hybridized carbons (Fsp3) is 0.429. The number of para-hydroxylation sites is 1. The molecular weight excluding hydrogens is 270 g/mol. The van der Waals surface area contributed by atoms with E-state index < -0.39 is 0 Å². The molecule has 7 nitrogen and oxygen atoms in total. The van der Waals surface area contributed by atoms with Crippen LogP contribution in [-0.2, 0) is 6.54 Å². The lowest BCUT2D eigenvalue weighted by Crippen LogP contribution is -2.31. The summed E-state index contributed by atoms with van der Waals surface area (Å²) in [6, 6.07) is 5.55. The maximum Gasteiger partial charge on any atom is 0.166 e. The predicted molar refractivity (Wildman–Crippen MR) is 76.9 cm³/mol. The van der Waals surface area contributed by atoms with Gasteiger partial charge < -0.3 is 9.47 Å². The lowest BCUT2D eigenvalue weighted by molar-refractivity contribution is 0.169. The molecule has 0 bridgehead atoms. The number of nitrogens with zero attached hydrogens (tertiary/aromatic N) is 3. The van der Waals surface area contributed by atoms with E-state index in [0.717, 1.165) is 35.7 Å². The fourth-order valence-electron chi connectivity index (χ4n) is 2.53. The number of aryl methyl sites for hydroxylation is 1. The molecule has 21 heavy (non-hydrogen) atoms. The third kappa shape index (κ3) is 2.57. The van der Waals surface area contributed by atoms with Crippen molar-refractivity contribution in [1.82, 2.24) is 20.4 Å². The van der Waals surface area contributed by atoms with Crippen LogP contribution in [0.4, 0.5) is 0 Å². The molecule has 0 radical (unpaired) electrons. The molecule has 1 aliphatic rings. The smallest absolute Gasteiger partial charge is 0.166 e. The van der Waals surface area contributed by atoms with Gasteiger partial charge >= 0.3 is 0 Å². The highest BCUT2D eigenvalue weighted by atomic mass is 16.6. The van der Waals surface area contributed by atoms with Crippen molar-refractivity contribution in [1.29, 1.82) is 0 Å². The van der Waals surface area contributed by atoms with Crippen LogP contribution < -0.4 is 20.7 Å². The Kier molecular flexibility index (Phi) is 4.03. The van der Waals surface area contributed by atoms with Crippen LogP contribution in [0.25, 0.3) is 0 Å². The minimum absolute atomic E-state index is 0.247. The standard InChI is InChI=1S/C14H19N5O2/c1-2-6-19-11(9-16-18-19)13(17-15)10-4-3-5-12-14(10)21-8-7-20-12/h3-5,9,13,17H,2,6-8,15H2,1H3. The van der Waals surface area contributed by atoms with Gasteiger partial charge in [0.05, 0.1) is 17.9 Å². The van der Waals surface area contributed by atoms with Crippen LogP contribution in [0.2, 0.25) is 0 Å². The Morgan fingerprint density at radius 1 is 1.38 bits per heavy atom. The zero-order chi connectivity index (χ0) is 14.7. The Balaban J connectivity index is 2.02. The van der Waals surface area contributed by atoms with Crippen molar-refractivity contribution >= 4 is 0 Å². The van der Waals surface area contributed by atoms with Gasteiger partial charge in [-0.05, 0) is 12.5 Å². The summed E-state index contributed by atoms with van der Waals surface area (Å²) in [5.41, 5.74) is 4.66. The van der Waals surface area contributed by atoms with Crippen LogP contribution in [0.15, 0.2) is 24.4 Å². The molecule has 2 heterocycles. The van der Waals surface area contributed by atoms with E-state index in [1.54, 1.807) is 6.20 Å². The van der Waals surface area contributed by atoms with Gasteiger partial charge in [0.15, 0.2) is 11.5 Å². The molecule has 0 spiro atoms. The van der Waals surface area contributed by atoms with Gasteiger partial charge in [0, 0.05) is 12.1 Å². The zero-order valence-corrected chi connectivity index (χ0v) is 12.0. The molecule has 1 atom stereocenters. The SMILES string of the molecule is CCCn1nncc1C(NN)c1cccc2c1OCCO2. The van der Waals surface area contributed by atoms with Crippen molar-refractivity contribution in [2.24, 2.45) is 5.84 Å². The maximum atomic E-state index is 5.78. The van der Waals surface area contributed by atoms with Crippen molar-refractivity contribution < 1.29 is 9.47 Å². The first-order chi connectivity index (χ1) is 10.3. The van der Waals surface area contributed by atoms with Crippen LogP contribution in [0.5, 0.6) is 11.5 Å². The highest BCUT2D eigenvalue weighted by Crippen LogP contribution is 2.38. The summed E-state index contributed by atoms with van der Waals surface area (Å²) < 4.78 is 13.2. The Morgan fingerprint density at radius 2 is 2.24 bits per heavy atom. The predicted octanol–water partition coefficient (Wildman–Crippen LogP) is 1.01. The Morgan fingerprint density at radius 3 is 3.05 bits per heavy atom. The van der Waals surface area contributed by atoms with E-state index in [2.05, 4.69) is 22.7 Å². The minimum atomic E-state index is -0.247. The first kappa shape index (κ1) is 13.8. The van der Waals surface area contributed by atoms with E-state index in [0.29, 0.717) is 13.2 Å². The van der Waals surface area contributed by atoms with E-state index >= 15 is 0 Å². The number of benzene rings is 1. The topological polar surface area (TPSA) is 87.2 Å². The summed E-state index contributed by atoms with van der Waals surface area (Å²) in [5, 5.41) is 8.10. The van der Waals surface area contributed by atoms with Crippen molar-refractivity contribution in [3.8, 4) is 11.5 Å². The van der Waals surface area contributed by atoms with Crippen LogP contribution in [0, 0.1) is 0 Å². The molecule has 0 fully saturated rings. The number of hydrazine groups is 1. The number of aromatic nitrogens is 3. The van der Waals surface area contributed by atoms with Crippen LogP contribution >= 0.6 is 0 Å². The average molecular weight is 289 g/mol. The number of fused-ring (bicyclic) bond motifs is 1. The summed E-state index contributed by atoms with van der Waals surface area (Å²) >= 11 is 0. The van der Waals surface area contributed by atoms with Gasteiger partial charge in [0.25, 0.3) is 0 Å². The second-order valence-electron chi connectivity index (χ2n) is 4.85. The number of nitrogens with two attached hydrogens (primary N) is 1. The Hall–Kier alpha value is -2.12. The van der Waals surface area contributed by atoms with Crippen molar-refractivity contribution in [3.63, 3.8) is 0 Å². The van der Waals surface area contributed by atoms with Gasteiger partial charge in [-0.2, -0.15) is 0 Å². The monoisotopic (exact) mass is 289 g/mol. The summed E-state index contributed by atoms with van der Waals surface area (Å²) in [7, 11) is 0. The number of nitrogens with one attached hydrogen (secondary N) is 1. The Labute approximate surface area is 123 Å². The molecule has 1 unspecified atom stereocenters. The lowest BCUT2D eigenvalue weighted by Gasteiger charge is -2.25. The molecule has 2 aromatic rings. The maximum absolute atomic E-state index is 5.78. The molecule has 3 rings (SSSR count). The molecule has 1 aliphatic heterocycles. The normalized spacial score (nSPS) is 15.0. The van der Waals surface area contributed by atoms with Crippen LogP contribution in [0.3, 0.4) is 0 Å². The molecule has 0 saturated heterocycles. The second kappa shape index (κ2) is 6.11. The molecule has 0 saturated carbocycles. The third-order valence-electron chi connectivity index (χ3n) is 3.45. The van der Waals surface area contributed by atoms with E-state index in [-0.39, 0.29) is 6.04 Å². The van der Waals surface area contributed by atoms with E-state index in [9.17, 15) is 0 Å². The summed E-state index contributed by atoms with van der Waals surface area (Å²) in [5.74, 6) is 7.26. The highest BCUT2D eigenvalue weighted by molar-refractivity contribution is 5.50. The molecule has 1 aromatic heterocycles. The zero-order valence-electron chi connectivity index (χ0n) is 12.0. The molecule has 0 aliphatic carbocycles. The van der Waals surface area contributed by atoms with Crippen LogP contribution in [-0.4, -0.2) is 28.2 Å². The van der Waals surface area contributed by atoms with Gasteiger partial charge in [-0.1, -0.05) is 24.3 Å². The molecule has 1 aromatic carbocycles. The molecule has 3 N–H and O–H groups in total. The first-order valence-electron chi connectivity index (χ1n) is 7.08. The second-order valence-corrected chi connectivity index (χ2v) is 4.85. The minimum Gasteiger partial charge on any atom is -0.486 e. The van der Waals surface area contributed by atoms with E-state index in [1.165, 1.54) is 0 Å². The van der Waals surface area contributed by atoms with Crippen LogP contribution in [0.1, 0.15) is 30.6 Å². The molecule has 0 amide bonds. The first-order valence-corrected chi connectivity index (χ1v) is 7.08. The van der Waals surface area contributed by atoms with Gasteiger partial charge in [-0.25, -0.2) is 10.1 Å². The van der Waals surface area contributed by atoms with Gasteiger partial charge in [0.1, 0.15) is 13.2 Å². The van der Waals surface area contributed by atoms with Crippen molar-refractivity contribution in [3.05, 3.63) is 35.7 Å². The number of ether oxygens (including phenoxy) is 2. The summed E-state index contributed by atoms with van der Waals surface area (Å²) in [6.45, 7) is 3.98. The van der Waals surface area contributed by atoms with Gasteiger partial charge in [-0.3, -0.25) is 5.84 Å². The summed E-state index contributed by atoms with van der Waals surface area (Å²) in [6.07, 6.45) is 2.70.